The molecule has 4 fully saturated rings. The number of fused-ring (bicyclic) bond motifs is 7. The van der Waals surface area contributed by atoms with Gasteiger partial charge in [-0.15, -0.1) is 0 Å². The summed E-state index contributed by atoms with van der Waals surface area (Å²) >= 11 is 0. The Morgan fingerprint density at radius 3 is 2.19 bits per heavy atom. The molecule has 0 aromatic heterocycles. The van der Waals surface area contributed by atoms with E-state index < -0.39 is 11.4 Å². The number of ether oxygens (including phenoxy) is 1. The van der Waals surface area contributed by atoms with Crippen molar-refractivity contribution in [2.24, 2.45) is 50.2 Å². The maximum absolute atomic E-state index is 12.8. The molecule has 5 aliphatic rings. The van der Waals surface area contributed by atoms with Gasteiger partial charge in [0.1, 0.15) is 6.10 Å². The number of aliphatic carboxylic acids is 1. The summed E-state index contributed by atoms with van der Waals surface area (Å²) in [6.45, 7) is 18.5. The molecule has 0 bridgehead atoms. The highest BCUT2D eigenvalue weighted by atomic mass is 16.5. The van der Waals surface area contributed by atoms with E-state index in [2.05, 4.69) is 54.5 Å². The van der Waals surface area contributed by atoms with Crippen molar-refractivity contribution in [2.75, 3.05) is 0 Å². The number of hydrogen-bond acceptors (Lipinski definition) is 3. The van der Waals surface area contributed by atoms with Crippen LogP contribution in [0, 0.1) is 50.2 Å². The normalized spacial score (nSPS) is 48.8. The van der Waals surface area contributed by atoms with Gasteiger partial charge in [-0.3, -0.25) is 9.59 Å². The first-order chi connectivity index (χ1) is 16.5. The summed E-state index contributed by atoms with van der Waals surface area (Å²) in [5, 5.41) is 10.5. The zero-order valence-corrected chi connectivity index (χ0v) is 24.1. The highest BCUT2D eigenvalue weighted by Crippen LogP contribution is 2.75. The largest absolute Gasteiger partial charge is 0.481 e. The molecule has 8 atom stereocenters. The summed E-state index contributed by atoms with van der Waals surface area (Å²) in [4.78, 5) is 24.7. The first-order valence-electron chi connectivity index (χ1n) is 14.6. The van der Waals surface area contributed by atoms with E-state index in [1.807, 2.05) is 0 Å². The SMILES string of the molecule is CC(=O)O[C@H]1CC[C@@]2(C)[C@H]3CC=C4[C@H]5CC(C)(C)CC[C@]5(C(=O)O)CC[C@]4(C)[C@]3(C)CC[C@H]2C1(C)C. The molecule has 0 heterocycles. The lowest BCUT2D eigenvalue weighted by Crippen LogP contribution is -2.65. The molecule has 4 saturated carbocycles. The van der Waals surface area contributed by atoms with Gasteiger partial charge in [0.2, 0.25) is 0 Å². The van der Waals surface area contributed by atoms with Crippen LogP contribution in [0.1, 0.15) is 120 Å². The zero-order chi connectivity index (χ0) is 26.5. The van der Waals surface area contributed by atoms with Crippen LogP contribution in [0.2, 0.25) is 0 Å². The van der Waals surface area contributed by atoms with Crippen molar-refractivity contribution in [3.05, 3.63) is 11.6 Å². The second kappa shape index (κ2) is 7.85. The van der Waals surface area contributed by atoms with Crippen molar-refractivity contribution in [3.8, 4) is 0 Å². The lowest BCUT2D eigenvalue weighted by atomic mass is 9.33. The summed E-state index contributed by atoms with van der Waals surface area (Å²) in [5.41, 5.74) is 1.50. The van der Waals surface area contributed by atoms with Crippen molar-refractivity contribution >= 4 is 11.9 Å². The minimum Gasteiger partial charge on any atom is -0.481 e. The van der Waals surface area contributed by atoms with Crippen LogP contribution in [0.3, 0.4) is 0 Å². The fraction of sp³-hybridized carbons (Fsp3) is 0.875. The Balaban J connectivity index is 1.55. The molecular weight excluding hydrogens is 448 g/mol. The summed E-state index contributed by atoms with van der Waals surface area (Å²) < 4.78 is 5.87. The van der Waals surface area contributed by atoms with E-state index in [4.69, 9.17) is 4.74 Å². The van der Waals surface area contributed by atoms with Gasteiger partial charge in [-0.1, -0.05) is 60.1 Å². The molecule has 0 amide bonds. The molecule has 0 aliphatic heterocycles. The Morgan fingerprint density at radius 1 is 0.889 bits per heavy atom. The van der Waals surface area contributed by atoms with Gasteiger partial charge in [-0.2, -0.15) is 0 Å². The second-order valence-electron chi connectivity index (χ2n) is 15.6. The lowest BCUT2D eigenvalue weighted by molar-refractivity contribution is -0.213. The Kier molecular flexibility index (Phi) is 5.74. The van der Waals surface area contributed by atoms with Crippen LogP contribution in [0.4, 0.5) is 0 Å². The van der Waals surface area contributed by atoms with Crippen molar-refractivity contribution in [3.63, 3.8) is 0 Å². The van der Waals surface area contributed by atoms with E-state index in [1.165, 1.54) is 12.0 Å². The predicted molar refractivity (Wildman–Crippen MR) is 142 cm³/mol. The van der Waals surface area contributed by atoms with Gasteiger partial charge >= 0.3 is 11.9 Å². The molecule has 36 heavy (non-hydrogen) atoms. The highest BCUT2D eigenvalue weighted by molar-refractivity contribution is 5.76. The van der Waals surface area contributed by atoms with E-state index >= 15 is 0 Å². The molecule has 1 N–H and O–H groups in total. The number of rotatable bonds is 2. The van der Waals surface area contributed by atoms with Crippen LogP contribution >= 0.6 is 0 Å². The number of carboxylic acid groups (broad SMARTS) is 1. The summed E-state index contributed by atoms with van der Waals surface area (Å²) in [6, 6.07) is 0. The third kappa shape index (κ3) is 3.30. The minimum absolute atomic E-state index is 0.00181. The standard InChI is InChI=1S/C32H50O4/c1-20(33)36-25-12-13-29(6)23(28(25,4)5)11-14-31(8)24(29)10-9-21-22-19-27(2,3)15-17-32(22,26(34)35)18-16-30(21,31)7/h9,22-25H,10-19H2,1-8H3,(H,34,35)/t22-,23+,24-,25+,29-,30+,31-,32+/m1/s1. The molecule has 202 valence electrons. The van der Waals surface area contributed by atoms with Crippen molar-refractivity contribution in [1.82, 2.24) is 0 Å². The van der Waals surface area contributed by atoms with Gasteiger partial charge in [0.25, 0.3) is 0 Å². The summed E-state index contributed by atoms with van der Waals surface area (Å²) in [6.07, 6.45) is 12.6. The number of carboxylic acids is 1. The van der Waals surface area contributed by atoms with Gasteiger partial charge in [0.05, 0.1) is 5.41 Å². The van der Waals surface area contributed by atoms with E-state index in [9.17, 15) is 14.7 Å². The van der Waals surface area contributed by atoms with Gasteiger partial charge in [-0.25, -0.2) is 0 Å². The average Bonchev–Trinajstić information content (AvgIpc) is 2.75. The zero-order valence-electron chi connectivity index (χ0n) is 24.1. The summed E-state index contributed by atoms with van der Waals surface area (Å²) in [7, 11) is 0. The first kappa shape index (κ1) is 26.3. The van der Waals surface area contributed by atoms with Crippen LogP contribution in [0.25, 0.3) is 0 Å². The monoisotopic (exact) mass is 498 g/mol. The number of esters is 1. The van der Waals surface area contributed by atoms with Gasteiger partial charge in [-0.05, 0) is 104 Å². The lowest BCUT2D eigenvalue weighted by Gasteiger charge is -2.71. The molecule has 0 unspecified atom stereocenters. The minimum atomic E-state index is -0.574. The van der Waals surface area contributed by atoms with Crippen LogP contribution in [-0.4, -0.2) is 23.1 Å². The van der Waals surface area contributed by atoms with Gasteiger partial charge in [0.15, 0.2) is 0 Å². The van der Waals surface area contributed by atoms with Crippen molar-refractivity contribution in [1.29, 1.82) is 0 Å². The highest BCUT2D eigenvalue weighted by Gasteiger charge is 2.69. The second-order valence-corrected chi connectivity index (χ2v) is 15.6. The molecule has 0 radical (unpaired) electrons. The maximum atomic E-state index is 12.8. The number of carbonyl (C=O) groups is 2. The van der Waals surface area contributed by atoms with Crippen molar-refractivity contribution < 1.29 is 19.4 Å². The van der Waals surface area contributed by atoms with E-state index in [0.717, 1.165) is 57.8 Å². The molecule has 0 aromatic rings. The molecule has 5 rings (SSSR count). The number of carbonyl (C=O) groups excluding carboxylic acids is 1. The quantitative estimate of drug-likeness (QED) is 0.311. The molecule has 4 nitrogen and oxygen atoms in total. The van der Waals surface area contributed by atoms with E-state index in [1.54, 1.807) is 6.92 Å². The van der Waals surface area contributed by atoms with Gasteiger partial charge < -0.3 is 9.84 Å². The topological polar surface area (TPSA) is 63.6 Å². The fourth-order valence-corrected chi connectivity index (χ4v) is 11.0. The van der Waals surface area contributed by atoms with Crippen LogP contribution in [0.5, 0.6) is 0 Å². The first-order valence-corrected chi connectivity index (χ1v) is 14.6. The van der Waals surface area contributed by atoms with Crippen molar-refractivity contribution in [2.45, 2.75) is 126 Å². The van der Waals surface area contributed by atoms with E-state index in [-0.39, 0.29) is 45.1 Å². The summed E-state index contributed by atoms with van der Waals surface area (Å²) in [5.74, 6) is 0.546. The number of hydrogen-bond donors (Lipinski definition) is 1. The van der Waals surface area contributed by atoms with Gasteiger partial charge in [0, 0.05) is 12.3 Å². The predicted octanol–water partition coefficient (Wildman–Crippen LogP) is 7.80. The fourth-order valence-electron chi connectivity index (χ4n) is 11.0. The molecular formula is C32H50O4. The Labute approximate surface area is 219 Å². The third-order valence-electron chi connectivity index (χ3n) is 13.3. The molecule has 0 saturated heterocycles. The Bertz CT molecular complexity index is 992. The molecule has 0 spiro atoms. The Hall–Kier alpha value is -1.32. The molecule has 4 heteroatoms. The molecule has 5 aliphatic carbocycles. The maximum Gasteiger partial charge on any atom is 0.310 e. The van der Waals surface area contributed by atoms with E-state index in [0.29, 0.717) is 11.8 Å². The van der Waals surface area contributed by atoms with Crippen LogP contribution < -0.4 is 0 Å². The third-order valence-corrected chi connectivity index (χ3v) is 13.3. The van der Waals surface area contributed by atoms with Crippen LogP contribution in [-0.2, 0) is 14.3 Å². The average molecular weight is 499 g/mol. The molecule has 0 aromatic carbocycles. The smallest absolute Gasteiger partial charge is 0.310 e. The Morgan fingerprint density at radius 2 is 1.56 bits per heavy atom. The number of allylic oxidation sites excluding steroid dienone is 2. The van der Waals surface area contributed by atoms with Crippen LogP contribution in [0.15, 0.2) is 11.6 Å².